The molecule has 0 fully saturated rings. The normalized spacial score (nSPS) is 10.8. The zero-order valence-electron chi connectivity index (χ0n) is 10.1. The summed E-state index contributed by atoms with van der Waals surface area (Å²) in [6, 6.07) is 5.40. The Balaban J connectivity index is 2.41. The largest absolute Gasteiger partial charge is 0.236 e. The lowest BCUT2D eigenvalue weighted by Crippen LogP contribution is -2.03. The molecule has 1 aromatic carbocycles. The van der Waals surface area contributed by atoms with Gasteiger partial charge in [0, 0.05) is 16.5 Å². The molecule has 0 amide bonds. The molecule has 0 atom stereocenters. The summed E-state index contributed by atoms with van der Waals surface area (Å²) in [5.41, 5.74) is 1.68. The van der Waals surface area contributed by atoms with Crippen LogP contribution in [0.1, 0.15) is 24.0 Å². The second-order valence-electron chi connectivity index (χ2n) is 3.92. The highest BCUT2D eigenvalue weighted by molar-refractivity contribution is 9.10. The highest BCUT2D eigenvalue weighted by Gasteiger charge is 2.13. The first-order valence-electron chi connectivity index (χ1n) is 5.66. The number of rotatable bonds is 3. The van der Waals surface area contributed by atoms with E-state index in [2.05, 4.69) is 25.9 Å². The van der Waals surface area contributed by atoms with E-state index in [-0.39, 0.29) is 0 Å². The number of aryl methyl sites for hydroxylation is 1. The summed E-state index contributed by atoms with van der Waals surface area (Å²) in [4.78, 5) is 8.72. The lowest BCUT2D eigenvalue weighted by atomic mass is 10.1. The van der Waals surface area contributed by atoms with Crippen LogP contribution in [0.4, 0.5) is 0 Å². The maximum absolute atomic E-state index is 6.14. The molecule has 0 unspecified atom stereocenters. The molecule has 0 bridgehead atoms. The molecule has 0 aliphatic rings. The van der Waals surface area contributed by atoms with E-state index < -0.39 is 0 Å². The molecule has 1 heterocycles. The Kier molecular flexibility index (Phi) is 5.07. The number of benzene rings is 1. The fourth-order valence-electron chi connectivity index (χ4n) is 1.68. The third-order valence-electron chi connectivity index (χ3n) is 2.66. The molecule has 2 aromatic rings. The van der Waals surface area contributed by atoms with Crippen LogP contribution in [0.5, 0.6) is 0 Å². The van der Waals surface area contributed by atoms with E-state index in [1.54, 1.807) is 18.2 Å². The van der Waals surface area contributed by atoms with Gasteiger partial charge < -0.3 is 0 Å². The zero-order chi connectivity index (χ0) is 14.0. The fraction of sp³-hybridized carbons (Fsp3) is 0.231. The molecule has 0 spiro atoms. The van der Waals surface area contributed by atoms with Gasteiger partial charge in [-0.2, -0.15) is 0 Å². The highest BCUT2D eigenvalue weighted by atomic mass is 79.9. The molecule has 0 radical (unpaired) electrons. The molecule has 0 saturated heterocycles. The second-order valence-corrected chi connectivity index (χ2v) is 5.89. The molecule has 2 nitrogen and oxygen atoms in total. The third-order valence-corrected chi connectivity index (χ3v) is 4.70. The minimum Gasteiger partial charge on any atom is -0.236 e. The number of halogens is 4. The maximum Gasteiger partial charge on any atom is 0.147 e. The Labute approximate surface area is 135 Å². The number of hydrogen-bond donors (Lipinski definition) is 0. The van der Waals surface area contributed by atoms with Gasteiger partial charge in [-0.05, 0) is 40.0 Å². The Bertz CT molecular complexity index is 597. The second kappa shape index (κ2) is 6.40. The monoisotopic (exact) mass is 378 g/mol. The topological polar surface area (TPSA) is 25.8 Å². The Morgan fingerprint density at radius 1 is 1.11 bits per heavy atom. The summed E-state index contributed by atoms with van der Waals surface area (Å²) in [5.74, 6) is 0.611. The number of hydrogen-bond acceptors (Lipinski definition) is 2. The molecule has 19 heavy (non-hydrogen) atoms. The molecule has 1 aromatic heterocycles. The molecule has 6 heteroatoms. The molecule has 100 valence electrons. The van der Waals surface area contributed by atoms with Crippen molar-refractivity contribution in [2.24, 2.45) is 0 Å². The SMILES string of the molecule is CCc1nc(Cc2c(Cl)cccc2Cl)nc(Cl)c1Br. The van der Waals surface area contributed by atoms with Crippen molar-refractivity contribution in [3.05, 3.63) is 55.0 Å². The molecular weight excluding hydrogens is 370 g/mol. The average Bonchev–Trinajstić information content (AvgIpc) is 2.38. The van der Waals surface area contributed by atoms with Crippen molar-refractivity contribution in [3.8, 4) is 0 Å². The van der Waals surface area contributed by atoms with E-state index in [0.29, 0.717) is 27.4 Å². The molecule has 0 aliphatic heterocycles. The lowest BCUT2D eigenvalue weighted by Gasteiger charge is -2.09. The van der Waals surface area contributed by atoms with Crippen LogP contribution in [0.15, 0.2) is 22.7 Å². The maximum atomic E-state index is 6.14. The standard InChI is InChI=1S/C13H10BrCl3N2/c1-2-10-12(14)13(17)19-11(18-10)6-7-8(15)4-3-5-9(7)16/h3-5H,2,6H2,1H3. The lowest BCUT2D eigenvalue weighted by molar-refractivity contribution is 0.896. The van der Waals surface area contributed by atoms with Crippen LogP contribution >= 0.6 is 50.7 Å². The molecule has 2 rings (SSSR count). The zero-order valence-corrected chi connectivity index (χ0v) is 13.9. The summed E-state index contributed by atoms with van der Waals surface area (Å²) in [5, 5.41) is 1.62. The van der Waals surface area contributed by atoms with Gasteiger partial charge in [-0.25, -0.2) is 9.97 Å². The van der Waals surface area contributed by atoms with Gasteiger partial charge in [-0.1, -0.05) is 47.8 Å². The molecule has 0 aliphatic carbocycles. The van der Waals surface area contributed by atoms with Gasteiger partial charge in [-0.3, -0.25) is 0 Å². The highest BCUT2D eigenvalue weighted by Crippen LogP contribution is 2.28. The predicted octanol–water partition coefficient (Wildman–Crippen LogP) is 5.35. The van der Waals surface area contributed by atoms with Crippen LogP contribution < -0.4 is 0 Å². The summed E-state index contributed by atoms with van der Waals surface area (Å²) in [6.45, 7) is 2.01. The van der Waals surface area contributed by atoms with Gasteiger partial charge in [0.05, 0.1) is 10.2 Å². The van der Waals surface area contributed by atoms with Crippen molar-refractivity contribution in [1.82, 2.24) is 9.97 Å². The van der Waals surface area contributed by atoms with Crippen molar-refractivity contribution >= 4 is 50.7 Å². The first-order chi connectivity index (χ1) is 9.02. The van der Waals surface area contributed by atoms with E-state index in [1.165, 1.54) is 0 Å². The van der Waals surface area contributed by atoms with Gasteiger partial charge in [0.1, 0.15) is 11.0 Å². The van der Waals surface area contributed by atoms with Crippen molar-refractivity contribution in [3.63, 3.8) is 0 Å². The van der Waals surface area contributed by atoms with Gasteiger partial charge in [-0.15, -0.1) is 0 Å². The number of nitrogens with zero attached hydrogens (tertiary/aromatic N) is 2. The quantitative estimate of drug-likeness (QED) is 0.671. The van der Waals surface area contributed by atoms with E-state index in [0.717, 1.165) is 22.2 Å². The first-order valence-corrected chi connectivity index (χ1v) is 7.59. The van der Waals surface area contributed by atoms with Crippen LogP contribution in [-0.2, 0) is 12.8 Å². The fourth-order valence-corrected chi connectivity index (χ4v) is 2.88. The van der Waals surface area contributed by atoms with Gasteiger partial charge in [0.25, 0.3) is 0 Å². The Hall–Kier alpha value is -0.350. The van der Waals surface area contributed by atoms with Gasteiger partial charge in [0.2, 0.25) is 0 Å². The van der Waals surface area contributed by atoms with E-state index >= 15 is 0 Å². The predicted molar refractivity (Wildman–Crippen MR) is 83.4 cm³/mol. The van der Waals surface area contributed by atoms with Gasteiger partial charge in [0.15, 0.2) is 0 Å². The van der Waals surface area contributed by atoms with E-state index in [9.17, 15) is 0 Å². The van der Waals surface area contributed by atoms with Gasteiger partial charge >= 0.3 is 0 Å². The summed E-state index contributed by atoms with van der Waals surface area (Å²) in [7, 11) is 0. The van der Waals surface area contributed by atoms with Crippen molar-refractivity contribution in [1.29, 1.82) is 0 Å². The van der Waals surface area contributed by atoms with Crippen molar-refractivity contribution < 1.29 is 0 Å². The summed E-state index contributed by atoms with van der Waals surface area (Å²) < 4.78 is 0.741. The molecule has 0 N–H and O–H groups in total. The smallest absolute Gasteiger partial charge is 0.147 e. The molecule has 0 saturated carbocycles. The van der Waals surface area contributed by atoms with Crippen LogP contribution in [0.3, 0.4) is 0 Å². The summed E-state index contributed by atoms with van der Waals surface area (Å²) >= 11 is 21.7. The van der Waals surface area contributed by atoms with Crippen LogP contribution in [-0.4, -0.2) is 9.97 Å². The average molecular weight is 381 g/mol. The minimum atomic E-state index is 0.407. The summed E-state index contributed by atoms with van der Waals surface area (Å²) in [6.07, 6.45) is 1.23. The van der Waals surface area contributed by atoms with Crippen LogP contribution in [0.2, 0.25) is 15.2 Å². The van der Waals surface area contributed by atoms with E-state index in [1.807, 2.05) is 6.92 Å². The van der Waals surface area contributed by atoms with Crippen LogP contribution in [0.25, 0.3) is 0 Å². The molecular formula is C13H10BrCl3N2. The number of aromatic nitrogens is 2. The Morgan fingerprint density at radius 3 is 2.32 bits per heavy atom. The van der Waals surface area contributed by atoms with Crippen LogP contribution in [0, 0.1) is 0 Å². The first kappa shape index (κ1) is 15.0. The van der Waals surface area contributed by atoms with E-state index in [4.69, 9.17) is 34.8 Å². The third kappa shape index (κ3) is 3.40. The van der Waals surface area contributed by atoms with Crippen molar-refractivity contribution in [2.75, 3.05) is 0 Å². The Morgan fingerprint density at radius 2 is 1.74 bits per heavy atom. The minimum absolute atomic E-state index is 0.407. The van der Waals surface area contributed by atoms with Crippen molar-refractivity contribution in [2.45, 2.75) is 19.8 Å².